The molecule has 1 aliphatic rings. The average Bonchev–Trinajstić information content (AvgIpc) is 1.88. The zero-order valence-electron chi connectivity index (χ0n) is 5.92. The van der Waals surface area contributed by atoms with E-state index in [4.69, 9.17) is 4.74 Å². The van der Waals surface area contributed by atoms with E-state index in [1.807, 2.05) is 0 Å². The molecule has 0 amide bonds. The van der Waals surface area contributed by atoms with Gasteiger partial charge in [-0.25, -0.2) is 4.79 Å². The molecule has 0 spiro atoms. The summed E-state index contributed by atoms with van der Waals surface area (Å²) in [6.07, 6.45) is 1.70. The lowest BCUT2D eigenvalue weighted by Crippen LogP contribution is -2.36. The van der Waals surface area contributed by atoms with E-state index < -0.39 is 11.8 Å². The van der Waals surface area contributed by atoms with Crippen molar-refractivity contribution in [2.75, 3.05) is 6.61 Å². The van der Waals surface area contributed by atoms with E-state index in [2.05, 4.69) is 11.3 Å². The molecule has 3 nitrogen and oxygen atoms in total. The molecule has 0 saturated carbocycles. The van der Waals surface area contributed by atoms with Gasteiger partial charge in [-0.1, -0.05) is 6.58 Å². The number of carbonyl (C=O) groups excluding carboxylic acids is 1. The van der Waals surface area contributed by atoms with Crippen LogP contribution in [-0.4, -0.2) is 18.4 Å². The van der Waals surface area contributed by atoms with E-state index in [1.165, 1.54) is 0 Å². The largest absolute Gasteiger partial charge is 0.509 e. The molecule has 0 aliphatic carbocycles. The average molecular weight is 142 g/mol. The Morgan fingerprint density at radius 3 is 2.90 bits per heavy atom. The number of cyclic esters (lactones) is 2. The first-order chi connectivity index (χ1) is 4.66. The maximum atomic E-state index is 10.5. The highest BCUT2D eigenvalue weighted by atomic mass is 16.7. The van der Waals surface area contributed by atoms with Crippen LogP contribution in [0.15, 0.2) is 12.7 Å². The Hall–Kier alpha value is -0.990. The molecule has 1 unspecified atom stereocenters. The summed E-state index contributed by atoms with van der Waals surface area (Å²) in [5.74, 6) is 0. The number of carbonyl (C=O) groups is 1. The Bertz CT molecular complexity index is 164. The van der Waals surface area contributed by atoms with E-state index in [0.29, 0.717) is 13.0 Å². The summed E-state index contributed by atoms with van der Waals surface area (Å²) < 4.78 is 9.41. The fourth-order valence-corrected chi connectivity index (χ4v) is 0.752. The van der Waals surface area contributed by atoms with Crippen molar-refractivity contribution in [1.29, 1.82) is 0 Å². The van der Waals surface area contributed by atoms with Crippen LogP contribution in [0.1, 0.15) is 13.3 Å². The minimum Gasteiger partial charge on any atom is -0.434 e. The third kappa shape index (κ3) is 1.29. The summed E-state index contributed by atoms with van der Waals surface area (Å²) in [5, 5.41) is 0. The van der Waals surface area contributed by atoms with E-state index in [9.17, 15) is 4.79 Å². The lowest BCUT2D eigenvalue weighted by Gasteiger charge is -2.29. The van der Waals surface area contributed by atoms with Crippen molar-refractivity contribution in [2.45, 2.75) is 18.9 Å². The van der Waals surface area contributed by atoms with E-state index in [-0.39, 0.29) is 0 Å². The number of rotatable bonds is 1. The van der Waals surface area contributed by atoms with Crippen molar-refractivity contribution in [3.05, 3.63) is 12.7 Å². The summed E-state index contributed by atoms with van der Waals surface area (Å²) in [6, 6.07) is 0. The molecule has 0 aromatic carbocycles. The van der Waals surface area contributed by atoms with E-state index >= 15 is 0 Å². The second kappa shape index (κ2) is 2.33. The van der Waals surface area contributed by atoms with Crippen molar-refractivity contribution in [1.82, 2.24) is 0 Å². The number of hydrogen-bond acceptors (Lipinski definition) is 3. The molecule has 10 heavy (non-hydrogen) atoms. The molecule has 1 atom stereocenters. The molecule has 1 aliphatic heterocycles. The molecule has 1 fully saturated rings. The molecular formula is C7H10O3. The third-order valence-corrected chi connectivity index (χ3v) is 1.57. The van der Waals surface area contributed by atoms with Gasteiger partial charge in [-0.2, -0.15) is 0 Å². The predicted octanol–water partition coefficient (Wildman–Crippen LogP) is 1.49. The summed E-state index contributed by atoms with van der Waals surface area (Å²) in [6.45, 7) is 5.78. The molecule has 0 aromatic heterocycles. The van der Waals surface area contributed by atoms with Crippen LogP contribution in [-0.2, 0) is 9.47 Å². The Morgan fingerprint density at radius 2 is 2.50 bits per heavy atom. The van der Waals surface area contributed by atoms with Gasteiger partial charge in [-0.3, -0.25) is 0 Å². The molecule has 0 N–H and O–H groups in total. The highest BCUT2D eigenvalue weighted by molar-refractivity contribution is 5.61. The molecule has 0 aromatic rings. The molecule has 1 rings (SSSR count). The normalized spacial score (nSPS) is 32.3. The van der Waals surface area contributed by atoms with Gasteiger partial charge in [0.05, 0.1) is 6.61 Å². The SMILES string of the molecule is C=CC1(C)CCOC(=O)O1. The van der Waals surface area contributed by atoms with Crippen molar-refractivity contribution in [3.63, 3.8) is 0 Å². The van der Waals surface area contributed by atoms with Crippen molar-refractivity contribution in [2.24, 2.45) is 0 Å². The maximum absolute atomic E-state index is 10.5. The minimum atomic E-state index is -0.603. The Balaban J connectivity index is 2.61. The lowest BCUT2D eigenvalue weighted by molar-refractivity contribution is -0.0508. The Labute approximate surface area is 59.6 Å². The first kappa shape index (κ1) is 7.12. The molecule has 56 valence electrons. The third-order valence-electron chi connectivity index (χ3n) is 1.57. The van der Waals surface area contributed by atoms with Gasteiger partial charge in [-0.15, -0.1) is 0 Å². The van der Waals surface area contributed by atoms with Gasteiger partial charge in [0.1, 0.15) is 5.60 Å². The summed E-state index contributed by atoms with van der Waals surface area (Å²) >= 11 is 0. The first-order valence-corrected chi connectivity index (χ1v) is 3.16. The van der Waals surface area contributed by atoms with Crippen molar-refractivity contribution >= 4 is 6.16 Å². The maximum Gasteiger partial charge on any atom is 0.509 e. The molecular weight excluding hydrogens is 132 g/mol. The fourth-order valence-electron chi connectivity index (χ4n) is 0.752. The van der Waals surface area contributed by atoms with E-state index in [1.54, 1.807) is 13.0 Å². The van der Waals surface area contributed by atoms with Gasteiger partial charge in [0.25, 0.3) is 0 Å². The van der Waals surface area contributed by atoms with Crippen LogP contribution in [0.25, 0.3) is 0 Å². The van der Waals surface area contributed by atoms with Crippen LogP contribution in [0.2, 0.25) is 0 Å². The quantitative estimate of drug-likeness (QED) is 0.411. The number of ether oxygens (including phenoxy) is 2. The second-order valence-corrected chi connectivity index (χ2v) is 2.47. The van der Waals surface area contributed by atoms with Crippen molar-refractivity contribution in [3.8, 4) is 0 Å². The monoisotopic (exact) mass is 142 g/mol. The first-order valence-electron chi connectivity index (χ1n) is 3.16. The standard InChI is InChI=1S/C7H10O3/c1-3-7(2)4-5-9-6(8)10-7/h3H,1,4-5H2,2H3. The highest BCUT2D eigenvalue weighted by Crippen LogP contribution is 2.21. The molecule has 1 heterocycles. The van der Waals surface area contributed by atoms with Gasteiger partial charge in [0.15, 0.2) is 0 Å². The zero-order chi connectivity index (χ0) is 7.61. The van der Waals surface area contributed by atoms with Crippen molar-refractivity contribution < 1.29 is 14.3 Å². The van der Waals surface area contributed by atoms with Crippen LogP contribution < -0.4 is 0 Å². The molecule has 0 radical (unpaired) electrons. The van der Waals surface area contributed by atoms with Crippen LogP contribution in [0.3, 0.4) is 0 Å². The second-order valence-electron chi connectivity index (χ2n) is 2.47. The van der Waals surface area contributed by atoms with Crippen LogP contribution >= 0.6 is 0 Å². The smallest absolute Gasteiger partial charge is 0.434 e. The van der Waals surface area contributed by atoms with E-state index in [0.717, 1.165) is 0 Å². The number of hydrogen-bond donors (Lipinski definition) is 0. The summed E-state index contributed by atoms with van der Waals surface area (Å²) in [5.41, 5.74) is -0.519. The van der Waals surface area contributed by atoms with Gasteiger partial charge >= 0.3 is 6.16 Å². The molecule has 1 saturated heterocycles. The Kier molecular flexibility index (Phi) is 1.66. The van der Waals surface area contributed by atoms with Crippen LogP contribution in [0, 0.1) is 0 Å². The van der Waals surface area contributed by atoms with Gasteiger partial charge in [0, 0.05) is 6.42 Å². The summed E-state index contributed by atoms with van der Waals surface area (Å²) in [7, 11) is 0. The van der Waals surface area contributed by atoms with Gasteiger partial charge in [0.2, 0.25) is 0 Å². The van der Waals surface area contributed by atoms with Gasteiger partial charge < -0.3 is 9.47 Å². The molecule has 0 bridgehead atoms. The summed E-state index contributed by atoms with van der Waals surface area (Å²) in [4.78, 5) is 10.5. The van der Waals surface area contributed by atoms with Crippen LogP contribution in [0.4, 0.5) is 4.79 Å². The zero-order valence-corrected chi connectivity index (χ0v) is 5.92. The molecule has 3 heteroatoms. The lowest BCUT2D eigenvalue weighted by atomic mass is 10.0. The van der Waals surface area contributed by atoms with Crippen LogP contribution in [0.5, 0.6) is 0 Å². The topological polar surface area (TPSA) is 35.5 Å². The minimum absolute atomic E-state index is 0.418. The fraction of sp³-hybridized carbons (Fsp3) is 0.571. The van der Waals surface area contributed by atoms with Gasteiger partial charge in [-0.05, 0) is 13.0 Å². The predicted molar refractivity (Wildman–Crippen MR) is 35.7 cm³/mol. The highest BCUT2D eigenvalue weighted by Gasteiger charge is 2.30. The Morgan fingerprint density at radius 1 is 1.80 bits per heavy atom.